The van der Waals surface area contributed by atoms with E-state index in [1.807, 2.05) is 0 Å². The number of carbonyl (C=O) groups is 3. The van der Waals surface area contributed by atoms with Crippen LogP contribution >= 0.6 is 11.3 Å². The van der Waals surface area contributed by atoms with Gasteiger partial charge >= 0.3 is 5.97 Å². The minimum Gasteiger partial charge on any atom is -0.479 e. The zero-order chi connectivity index (χ0) is 12.6. The Morgan fingerprint density at radius 1 is 1.59 bits per heavy atom. The Bertz CT molecular complexity index is 468. The highest BCUT2D eigenvalue weighted by Gasteiger charge is 2.43. The van der Waals surface area contributed by atoms with Crippen LogP contribution in [0.1, 0.15) is 24.3 Å². The van der Waals surface area contributed by atoms with Crippen molar-refractivity contribution in [2.24, 2.45) is 5.92 Å². The number of carbonyl (C=O) groups excluding carboxylic acids is 2. The quantitative estimate of drug-likeness (QED) is 0.823. The van der Waals surface area contributed by atoms with Gasteiger partial charge in [-0.2, -0.15) is 0 Å². The summed E-state index contributed by atoms with van der Waals surface area (Å²) in [7, 11) is 0. The van der Waals surface area contributed by atoms with Crippen LogP contribution in [0.3, 0.4) is 0 Å². The second kappa shape index (κ2) is 4.29. The Morgan fingerprint density at radius 3 is 2.71 bits per heavy atom. The van der Waals surface area contributed by atoms with E-state index in [0.717, 1.165) is 4.90 Å². The van der Waals surface area contributed by atoms with Crippen LogP contribution in [0.2, 0.25) is 0 Å². The van der Waals surface area contributed by atoms with Crippen LogP contribution in [0, 0.1) is 5.92 Å². The molecule has 0 bridgehead atoms. The van der Waals surface area contributed by atoms with E-state index < -0.39 is 29.7 Å². The van der Waals surface area contributed by atoms with Gasteiger partial charge in [0.1, 0.15) is 0 Å². The fraction of sp³-hybridized carbons (Fsp3) is 0.364. The molecule has 1 saturated heterocycles. The Kier molecular flexibility index (Phi) is 2.97. The lowest BCUT2D eigenvalue weighted by Gasteiger charge is -2.21. The lowest BCUT2D eigenvalue weighted by Crippen LogP contribution is -2.38. The molecule has 6 heteroatoms. The number of rotatable bonds is 3. The molecular weight excluding hydrogens is 242 g/mol. The SMILES string of the molecule is CC1CC(=O)N(C(C(=O)O)c2cccs2)C1=O. The normalized spacial score (nSPS) is 21.9. The van der Waals surface area contributed by atoms with Gasteiger partial charge < -0.3 is 5.11 Å². The van der Waals surface area contributed by atoms with Gasteiger partial charge in [0.2, 0.25) is 11.8 Å². The largest absolute Gasteiger partial charge is 0.479 e. The maximum absolute atomic E-state index is 11.8. The first-order valence-corrected chi connectivity index (χ1v) is 6.02. The number of thiophene rings is 1. The molecule has 2 atom stereocenters. The van der Waals surface area contributed by atoms with Gasteiger partial charge in [-0.25, -0.2) is 4.79 Å². The number of carboxylic acid groups (broad SMARTS) is 1. The first-order chi connectivity index (χ1) is 8.02. The highest BCUT2D eigenvalue weighted by atomic mass is 32.1. The molecule has 1 aromatic heterocycles. The van der Waals surface area contributed by atoms with E-state index in [1.54, 1.807) is 24.4 Å². The summed E-state index contributed by atoms with van der Waals surface area (Å²) < 4.78 is 0. The van der Waals surface area contributed by atoms with Gasteiger partial charge in [0.25, 0.3) is 0 Å². The minimum absolute atomic E-state index is 0.0913. The number of hydrogen-bond acceptors (Lipinski definition) is 4. The number of imide groups is 1. The van der Waals surface area contributed by atoms with Crippen LogP contribution < -0.4 is 0 Å². The fourth-order valence-corrected chi connectivity index (χ4v) is 2.69. The minimum atomic E-state index is -1.18. The van der Waals surface area contributed by atoms with Gasteiger partial charge in [-0.3, -0.25) is 14.5 Å². The molecule has 1 aliphatic rings. The molecule has 1 aliphatic heterocycles. The molecule has 0 aromatic carbocycles. The topological polar surface area (TPSA) is 74.7 Å². The van der Waals surface area contributed by atoms with Crippen LogP contribution in [0.5, 0.6) is 0 Å². The summed E-state index contributed by atoms with van der Waals surface area (Å²) in [5, 5.41) is 10.9. The van der Waals surface area contributed by atoms with E-state index in [-0.39, 0.29) is 6.42 Å². The molecule has 90 valence electrons. The molecule has 0 aliphatic carbocycles. The highest BCUT2D eigenvalue weighted by Crippen LogP contribution is 2.32. The van der Waals surface area contributed by atoms with E-state index in [2.05, 4.69) is 0 Å². The molecule has 1 N–H and O–H groups in total. The van der Waals surface area contributed by atoms with Crippen LogP contribution in [-0.2, 0) is 14.4 Å². The predicted octanol–water partition coefficient (Wildman–Crippen LogP) is 1.27. The third kappa shape index (κ3) is 1.95. The molecule has 1 fully saturated rings. The van der Waals surface area contributed by atoms with Crippen molar-refractivity contribution in [3.63, 3.8) is 0 Å². The van der Waals surface area contributed by atoms with Crippen LogP contribution in [0.25, 0.3) is 0 Å². The number of hydrogen-bond donors (Lipinski definition) is 1. The summed E-state index contributed by atoms with van der Waals surface area (Å²) in [4.78, 5) is 36.1. The monoisotopic (exact) mass is 253 g/mol. The van der Waals surface area contributed by atoms with Gasteiger partial charge in [-0.05, 0) is 11.4 Å². The first-order valence-electron chi connectivity index (χ1n) is 5.14. The first kappa shape index (κ1) is 11.8. The van der Waals surface area contributed by atoms with Gasteiger partial charge in [0, 0.05) is 17.2 Å². The average Bonchev–Trinajstić information content (AvgIpc) is 2.83. The zero-order valence-electron chi connectivity index (χ0n) is 9.12. The third-order valence-electron chi connectivity index (χ3n) is 2.71. The summed E-state index contributed by atoms with van der Waals surface area (Å²) in [5.41, 5.74) is 0. The van der Waals surface area contributed by atoms with Gasteiger partial charge in [0.15, 0.2) is 6.04 Å². The molecule has 5 nitrogen and oxygen atoms in total. The van der Waals surface area contributed by atoms with Gasteiger partial charge in [0.05, 0.1) is 0 Å². The summed E-state index contributed by atoms with van der Waals surface area (Å²) in [5.74, 6) is -2.42. The number of carboxylic acids is 1. The van der Waals surface area contributed by atoms with E-state index >= 15 is 0 Å². The predicted molar refractivity (Wildman–Crippen MR) is 60.3 cm³/mol. The van der Waals surface area contributed by atoms with E-state index in [4.69, 9.17) is 0 Å². The Balaban J connectivity index is 2.38. The zero-order valence-corrected chi connectivity index (χ0v) is 9.94. The van der Waals surface area contributed by atoms with E-state index in [0.29, 0.717) is 4.88 Å². The lowest BCUT2D eigenvalue weighted by atomic mass is 10.1. The summed E-state index contributed by atoms with van der Waals surface area (Å²) in [6.45, 7) is 1.63. The Morgan fingerprint density at radius 2 is 2.29 bits per heavy atom. The molecule has 2 unspecified atom stereocenters. The second-order valence-corrected chi connectivity index (χ2v) is 4.94. The Labute approximate surface area is 102 Å². The van der Waals surface area contributed by atoms with Crippen LogP contribution in [-0.4, -0.2) is 27.8 Å². The molecule has 2 heterocycles. The van der Waals surface area contributed by atoms with Crippen molar-refractivity contribution in [2.75, 3.05) is 0 Å². The smallest absolute Gasteiger partial charge is 0.332 e. The number of aliphatic carboxylic acids is 1. The molecule has 2 amide bonds. The molecule has 2 rings (SSSR count). The number of nitrogens with zero attached hydrogens (tertiary/aromatic N) is 1. The maximum Gasteiger partial charge on any atom is 0.332 e. The summed E-state index contributed by atoms with van der Waals surface area (Å²) in [6.07, 6.45) is 0.0913. The summed E-state index contributed by atoms with van der Waals surface area (Å²) in [6, 6.07) is 2.14. The lowest BCUT2D eigenvalue weighted by molar-refractivity contribution is -0.154. The van der Waals surface area contributed by atoms with Crippen molar-refractivity contribution in [3.05, 3.63) is 22.4 Å². The third-order valence-corrected chi connectivity index (χ3v) is 3.64. The number of amides is 2. The van der Waals surface area contributed by atoms with Crippen LogP contribution in [0.15, 0.2) is 17.5 Å². The van der Waals surface area contributed by atoms with Crippen molar-refractivity contribution < 1.29 is 19.5 Å². The molecular formula is C11H11NO4S. The van der Waals surface area contributed by atoms with E-state index in [9.17, 15) is 19.5 Å². The highest BCUT2D eigenvalue weighted by molar-refractivity contribution is 7.10. The van der Waals surface area contributed by atoms with Crippen molar-refractivity contribution in [3.8, 4) is 0 Å². The van der Waals surface area contributed by atoms with Gasteiger partial charge in [-0.1, -0.05) is 13.0 Å². The van der Waals surface area contributed by atoms with Crippen molar-refractivity contribution >= 4 is 29.1 Å². The van der Waals surface area contributed by atoms with Gasteiger partial charge in [-0.15, -0.1) is 11.3 Å². The van der Waals surface area contributed by atoms with E-state index in [1.165, 1.54) is 11.3 Å². The Hall–Kier alpha value is -1.69. The molecule has 1 aromatic rings. The molecule has 0 saturated carbocycles. The summed E-state index contributed by atoms with van der Waals surface area (Å²) >= 11 is 1.22. The molecule has 0 spiro atoms. The van der Waals surface area contributed by atoms with Crippen molar-refractivity contribution in [1.29, 1.82) is 0 Å². The number of likely N-dealkylation sites (tertiary alicyclic amines) is 1. The molecule has 0 radical (unpaired) electrons. The van der Waals surface area contributed by atoms with Crippen molar-refractivity contribution in [1.82, 2.24) is 4.90 Å². The van der Waals surface area contributed by atoms with Crippen LogP contribution in [0.4, 0.5) is 0 Å². The second-order valence-electron chi connectivity index (χ2n) is 3.96. The fourth-order valence-electron chi connectivity index (χ4n) is 1.89. The maximum atomic E-state index is 11.8. The average molecular weight is 253 g/mol. The standard InChI is InChI=1S/C11H11NO4S/c1-6-5-8(13)12(10(6)14)9(11(15)16)7-3-2-4-17-7/h2-4,6,9H,5H2,1H3,(H,15,16). The van der Waals surface area contributed by atoms with Crippen molar-refractivity contribution in [2.45, 2.75) is 19.4 Å². The molecule has 17 heavy (non-hydrogen) atoms.